The van der Waals surface area contributed by atoms with Gasteiger partial charge < -0.3 is 4.74 Å². The fourth-order valence-corrected chi connectivity index (χ4v) is 0.644. The van der Waals surface area contributed by atoms with Crippen LogP contribution in [0, 0.1) is 0 Å². The predicted molar refractivity (Wildman–Crippen MR) is 49.0 cm³/mol. The van der Waals surface area contributed by atoms with Gasteiger partial charge in [0.25, 0.3) is 0 Å². The zero-order valence-electron chi connectivity index (χ0n) is 6.68. The summed E-state index contributed by atoms with van der Waals surface area (Å²) >= 11 is 0. The lowest BCUT2D eigenvalue weighted by molar-refractivity contribution is 0.0600. The minimum absolute atomic E-state index is 0. The number of halogens is 2. The smallest absolute Gasteiger partial charge is 0.341 e. The highest BCUT2D eigenvalue weighted by atomic mass is 35.5. The van der Waals surface area contributed by atoms with Crippen LogP contribution in [0.2, 0.25) is 0 Å². The summed E-state index contributed by atoms with van der Waals surface area (Å²) in [5, 5.41) is 3.80. The van der Waals surface area contributed by atoms with E-state index in [1.807, 2.05) is 0 Å². The highest BCUT2D eigenvalue weighted by molar-refractivity contribution is 5.88. The van der Waals surface area contributed by atoms with Gasteiger partial charge in [0.2, 0.25) is 0 Å². The number of aryl methyl sites for hydroxylation is 1. The number of ether oxygens (including phenoxy) is 1. The third kappa shape index (κ3) is 3.11. The molecular weight excluding hydrogens is 203 g/mol. The van der Waals surface area contributed by atoms with Crippen LogP contribution in [-0.4, -0.2) is 22.9 Å². The molecule has 0 saturated heterocycles. The van der Waals surface area contributed by atoms with E-state index < -0.39 is 0 Å². The van der Waals surface area contributed by atoms with Crippen molar-refractivity contribution in [2.75, 3.05) is 7.11 Å². The van der Waals surface area contributed by atoms with E-state index in [9.17, 15) is 4.79 Å². The van der Waals surface area contributed by atoms with E-state index >= 15 is 0 Å². The minimum Gasteiger partial charge on any atom is -0.465 e. The van der Waals surface area contributed by atoms with Gasteiger partial charge in [-0.25, -0.2) is 4.79 Å². The first-order valence-corrected chi connectivity index (χ1v) is 2.81. The van der Waals surface area contributed by atoms with Crippen LogP contribution in [0.15, 0.2) is 12.4 Å². The second-order valence-electron chi connectivity index (χ2n) is 1.89. The van der Waals surface area contributed by atoms with Crippen molar-refractivity contribution < 1.29 is 9.53 Å². The van der Waals surface area contributed by atoms with Crippen molar-refractivity contribution in [3.63, 3.8) is 0 Å². The molecule has 6 heteroatoms. The zero-order chi connectivity index (χ0) is 7.56. The number of esters is 1. The molecule has 0 atom stereocenters. The standard InChI is InChI=1S/C6H8N2O2.2ClH/c1-8-4-5(3-7-8)6(9)10-2;;/h3-4H,1-2H3;2*1H. The fourth-order valence-electron chi connectivity index (χ4n) is 0.644. The molecule has 1 aromatic rings. The maximum absolute atomic E-state index is 10.8. The number of hydrogen-bond acceptors (Lipinski definition) is 3. The zero-order valence-corrected chi connectivity index (χ0v) is 8.32. The van der Waals surface area contributed by atoms with Crippen molar-refractivity contribution in [2.45, 2.75) is 0 Å². The lowest BCUT2D eigenvalue weighted by Crippen LogP contribution is -1.98. The van der Waals surface area contributed by atoms with Crippen molar-refractivity contribution in [3.05, 3.63) is 18.0 Å². The van der Waals surface area contributed by atoms with E-state index in [4.69, 9.17) is 0 Å². The van der Waals surface area contributed by atoms with Crippen molar-refractivity contribution in [2.24, 2.45) is 7.05 Å². The number of nitrogens with zero attached hydrogens (tertiary/aromatic N) is 2. The van der Waals surface area contributed by atoms with E-state index in [1.54, 1.807) is 17.9 Å². The van der Waals surface area contributed by atoms with Gasteiger partial charge in [-0.3, -0.25) is 4.68 Å². The molecule has 1 heterocycles. The van der Waals surface area contributed by atoms with Crippen LogP contribution in [0.4, 0.5) is 0 Å². The van der Waals surface area contributed by atoms with Crippen LogP contribution in [0.3, 0.4) is 0 Å². The lowest BCUT2D eigenvalue weighted by atomic mass is 10.4. The van der Waals surface area contributed by atoms with Crippen LogP contribution < -0.4 is 0 Å². The van der Waals surface area contributed by atoms with Crippen molar-refractivity contribution in [1.82, 2.24) is 9.78 Å². The van der Waals surface area contributed by atoms with E-state index in [1.165, 1.54) is 13.3 Å². The Morgan fingerprint density at radius 1 is 1.58 bits per heavy atom. The quantitative estimate of drug-likeness (QED) is 0.655. The maximum Gasteiger partial charge on any atom is 0.341 e. The monoisotopic (exact) mass is 212 g/mol. The summed E-state index contributed by atoms with van der Waals surface area (Å²) in [6, 6.07) is 0. The highest BCUT2D eigenvalue weighted by Gasteiger charge is 2.05. The number of carbonyl (C=O) groups excluding carboxylic acids is 1. The summed E-state index contributed by atoms with van der Waals surface area (Å²) < 4.78 is 6.01. The van der Waals surface area contributed by atoms with E-state index in [0.29, 0.717) is 5.56 Å². The van der Waals surface area contributed by atoms with Crippen LogP contribution >= 0.6 is 24.8 Å². The van der Waals surface area contributed by atoms with Crippen LogP contribution in [0.25, 0.3) is 0 Å². The molecule has 0 aliphatic heterocycles. The molecule has 12 heavy (non-hydrogen) atoms. The van der Waals surface area contributed by atoms with Gasteiger partial charge >= 0.3 is 5.97 Å². The first kappa shape index (κ1) is 13.8. The van der Waals surface area contributed by atoms with Gasteiger partial charge in [-0.1, -0.05) is 0 Å². The van der Waals surface area contributed by atoms with Gasteiger partial charge in [0.05, 0.1) is 18.9 Å². The molecule has 0 N–H and O–H groups in total. The number of rotatable bonds is 1. The van der Waals surface area contributed by atoms with Gasteiger partial charge in [-0.05, 0) is 0 Å². The molecule has 0 aliphatic carbocycles. The molecule has 0 aromatic carbocycles. The molecule has 0 aliphatic rings. The molecule has 0 amide bonds. The Morgan fingerprint density at radius 2 is 2.17 bits per heavy atom. The Morgan fingerprint density at radius 3 is 2.50 bits per heavy atom. The number of carbonyl (C=O) groups is 1. The predicted octanol–water partition coefficient (Wildman–Crippen LogP) is 1.05. The molecule has 0 unspecified atom stereocenters. The molecule has 70 valence electrons. The Balaban J connectivity index is 0. The Hall–Kier alpha value is -0.740. The maximum atomic E-state index is 10.8. The van der Waals surface area contributed by atoms with Gasteiger partial charge in [0.1, 0.15) is 0 Å². The molecule has 0 bridgehead atoms. The average molecular weight is 213 g/mol. The van der Waals surface area contributed by atoms with Gasteiger partial charge in [-0.2, -0.15) is 5.10 Å². The van der Waals surface area contributed by atoms with Gasteiger partial charge in [0, 0.05) is 13.2 Å². The Bertz CT molecular complexity index is 249. The number of hydrogen-bond donors (Lipinski definition) is 0. The summed E-state index contributed by atoms with van der Waals surface area (Å²) in [5.74, 6) is -0.354. The first-order valence-electron chi connectivity index (χ1n) is 2.81. The molecule has 4 nitrogen and oxygen atoms in total. The van der Waals surface area contributed by atoms with E-state index in [-0.39, 0.29) is 30.8 Å². The van der Waals surface area contributed by atoms with Crippen LogP contribution in [0.5, 0.6) is 0 Å². The Kier molecular flexibility index (Phi) is 6.74. The number of methoxy groups -OCH3 is 1. The first-order chi connectivity index (χ1) is 4.74. The topological polar surface area (TPSA) is 44.1 Å². The summed E-state index contributed by atoms with van der Waals surface area (Å²) in [7, 11) is 3.09. The van der Waals surface area contributed by atoms with Gasteiger partial charge in [0.15, 0.2) is 0 Å². The second-order valence-corrected chi connectivity index (χ2v) is 1.89. The molecular formula is C6H10Cl2N2O2. The summed E-state index contributed by atoms with van der Waals surface area (Å²) in [4.78, 5) is 10.8. The molecule has 1 rings (SSSR count). The molecule has 1 aromatic heterocycles. The molecule has 0 radical (unpaired) electrons. The number of aromatic nitrogens is 2. The van der Waals surface area contributed by atoms with E-state index in [0.717, 1.165) is 0 Å². The second kappa shape index (κ2) is 5.85. The normalized spacial score (nSPS) is 7.83. The lowest BCUT2D eigenvalue weighted by Gasteiger charge is -1.90. The SMILES string of the molecule is COC(=O)c1cnn(C)c1.Cl.Cl. The molecule has 0 spiro atoms. The highest BCUT2D eigenvalue weighted by Crippen LogP contribution is 1.96. The van der Waals surface area contributed by atoms with Crippen LogP contribution in [-0.2, 0) is 11.8 Å². The third-order valence-electron chi connectivity index (χ3n) is 1.13. The van der Waals surface area contributed by atoms with Crippen molar-refractivity contribution in [3.8, 4) is 0 Å². The Labute approximate surface area is 82.7 Å². The average Bonchev–Trinajstić information content (AvgIpc) is 2.34. The summed E-state index contributed by atoms with van der Waals surface area (Å²) in [6.07, 6.45) is 3.07. The van der Waals surface area contributed by atoms with E-state index in [2.05, 4.69) is 9.84 Å². The molecule has 0 saturated carbocycles. The van der Waals surface area contributed by atoms with Gasteiger partial charge in [-0.15, -0.1) is 24.8 Å². The minimum atomic E-state index is -0.354. The summed E-state index contributed by atoms with van der Waals surface area (Å²) in [6.45, 7) is 0. The largest absolute Gasteiger partial charge is 0.465 e. The third-order valence-corrected chi connectivity index (χ3v) is 1.13. The van der Waals surface area contributed by atoms with Crippen LogP contribution in [0.1, 0.15) is 10.4 Å². The summed E-state index contributed by atoms with van der Waals surface area (Å²) in [5.41, 5.74) is 0.477. The van der Waals surface area contributed by atoms with Crippen molar-refractivity contribution >= 4 is 30.8 Å². The van der Waals surface area contributed by atoms with Crippen molar-refractivity contribution in [1.29, 1.82) is 0 Å². The fraction of sp³-hybridized carbons (Fsp3) is 0.333. The molecule has 0 fully saturated rings.